The molecule has 9 aromatic carbocycles. The minimum absolute atomic E-state index is 0.0142. The fourth-order valence-electron chi connectivity index (χ4n) is 9.18. The molecule has 0 aliphatic carbocycles. The van der Waals surface area contributed by atoms with Crippen LogP contribution in [0.25, 0.3) is 32.7 Å². The third-order valence-corrected chi connectivity index (χ3v) is 11.5. The molecule has 256 valence electrons. The zero-order valence-corrected chi connectivity index (χ0v) is 29.7. The van der Waals surface area contributed by atoms with Crippen LogP contribution in [0.3, 0.4) is 0 Å². The second-order valence-corrected chi connectivity index (χ2v) is 14.4. The van der Waals surface area contributed by atoms with Crippen molar-refractivity contribution >= 4 is 78.8 Å². The van der Waals surface area contributed by atoms with Gasteiger partial charge in [0.15, 0.2) is 0 Å². The molecular formula is C50H31BN2O2. The summed E-state index contributed by atoms with van der Waals surface area (Å²) >= 11 is 0. The highest BCUT2D eigenvalue weighted by atomic mass is 16.5. The van der Waals surface area contributed by atoms with Gasteiger partial charge in [-0.25, -0.2) is 0 Å². The monoisotopic (exact) mass is 702 g/mol. The van der Waals surface area contributed by atoms with Gasteiger partial charge >= 0.3 is 0 Å². The third kappa shape index (κ3) is 4.41. The van der Waals surface area contributed by atoms with E-state index in [1.54, 1.807) is 0 Å². The summed E-state index contributed by atoms with van der Waals surface area (Å²) in [4.78, 5) is 4.74. The van der Waals surface area contributed by atoms with Gasteiger partial charge in [-0.05, 0) is 100 Å². The maximum atomic E-state index is 6.95. The van der Waals surface area contributed by atoms with E-state index in [2.05, 4.69) is 198 Å². The van der Waals surface area contributed by atoms with Crippen LogP contribution in [-0.2, 0) is 0 Å². The Hall–Kier alpha value is -7.24. The van der Waals surface area contributed by atoms with Crippen molar-refractivity contribution in [3.05, 3.63) is 188 Å². The molecule has 0 bridgehead atoms. The lowest BCUT2D eigenvalue weighted by Crippen LogP contribution is -2.59. The van der Waals surface area contributed by atoms with Gasteiger partial charge in [-0.3, -0.25) is 0 Å². The van der Waals surface area contributed by atoms with Crippen molar-refractivity contribution < 1.29 is 9.47 Å². The van der Waals surface area contributed by atoms with E-state index in [-0.39, 0.29) is 6.71 Å². The molecule has 3 heterocycles. The number of benzene rings is 9. The predicted octanol–water partition coefficient (Wildman–Crippen LogP) is 11.6. The van der Waals surface area contributed by atoms with E-state index < -0.39 is 0 Å². The van der Waals surface area contributed by atoms with Gasteiger partial charge in [0.2, 0.25) is 0 Å². The highest BCUT2D eigenvalue weighted by Crippen LogP contribution is 2.52. The number of fused-ring (bicyclic) bond motifs is 7. The molecule has 0 N–H and O–H groups in total. The third-order valence-electron chi connectivity index (χ3n) is 11.5. The van der Waals surface area contributed by atoms with Gasteiger partial charge in [0.25, 0.3) is 6.71 Å². The first-order chi connectivity index (χ1) is 27.3. The Kier molecular flexibility index (Phi) is 6.40. The molecule has 0 saturated heterocycles. The predicted molar refractivity (Wildman–Crippen MR) is 228 cm³/mol. The molecule has 0 radical (unpaired) electrons. The van der Waals surface area contributed by atoms with Crippen LogP contribution in [0.4, 0.5) is 34.1 Å². The average Bonchev–Trinajstić information content (AvgIpc) is 3.24. The van der Waals surface area contributed by atoms with Crippen molar-refractivity contribution in [3.8, 4) is 34.1 Å². The van der Waals surface area contributed by atoms with Crippen LogP contribution in [-0.4, -0.2) is 6.71 Å². The normalized spacial score (nSPS) is 12.9. The van der Waals surface area contributed by atoms with Crippen LogP contribution >= 0.6 is 0 Å². The Balaban J connectivity index is 1.04. The Bertz CT molecular complexity index is 3010. The van der Waals surface area contributed by atoms with Gasteiger partial charge in [-0.2, -0.15) is 0 Å². The Morgan fingerprint density at radius 2 is 1.11 bits per heavy atom. The number of ether oxygens (including phenoxy) is 2. The molecule has 3 aliphatic rings. The summed E-state index contributed by atoms with van der Waals surface area (Å²) in [6.07, 6.45) is 0. The molecule has 0 saturated carbocycles. The van der Waals surface area contributed by atoms with Crippen molar-refractivity contribution in [1.82, 2.24) is 0 Å². The van der Waals surface area contributed by atoms with E-state index in [0.29, 0.717) is 0 Å². The highest BCUT2D eigenvalue weighted by molar-refractivity contribution is 6.99. The summed E-state index contributed by atoms with van der Waals surface area (Å²) in [5.74, 6) is 3.44. The maximum Gasteiger partial charge on any atom is 0.256 e. The second kappa shape index (κ2) is 11.6. The lowest BCUT2D eigenvalue weighted by Gasteiger charge is -2.40. The van der Waals surface area contributed by atoms with Gasteiger partial charge in [0, 0.05) is 44.5 Å². The number of rotatable bonds is 4. The van der Waals surface area contributed by atoms with E-state index >= 15 is 0 Å². The number of anilines is 6. The molecule has 4 nitrogen and oxygen atoms in total. The first-order valence-electron chi connectivity index (χ1n) is 18.8. The summed E-state index contributed by atoms with van der Waals surface area (Å²) in [5.41, 5.74) is 12.4. The smallest absolute Gasteiger partial charge is 0.256 e. The first-order valence-corrected chi connectivity index (χ1v) is 18.8. The SMILES string of the molecule is c1ccc(N2c3ccccc3B3c4cc5c(cc4Oc4cccc2c43)-c2ccc(N(c3ccccc3)c3cccc4ccccc34)c3cccc(c23)O5)cc1. The van der Waals surface area contributed by atoms with Crippen molar-refractivity contribution in [3.63, 3.8) is 0 Å². The van der Waals surface area contributed by atoms with Gasteiger partial charge in [-0.15, -0.1) is 0 Å². The summed E-state index contributed by atoms with van der Waals surface area (Å²) in [6, 6.07) is 66.9. The van der Waals surface area contributed by atoms with Gasteiger partial charge in [-0.1, -0.05) is 115 Å². The van der Waals surface area contributed by atoms with Crippen LogP contribution in [0.15, 0.2) is 188 Å². The van der Waals surface area contributed by atoms with Gasteiger partial charge in [0.1, 0.15) is 23.0 Å². The van der Waals surface area contributed by atoms with Crippen molar-refractivity contribution in [1.29, 1.82) is 0 Å². The minimum atomic E-state index is -0.0142. The molecule has 0 unspecified atom stereocenters. The Labute approximate surface area is 319 Å². The largest absolute Gasteiger partial charge is 0.458 e. The van der Waals surface area contributed by atoms with E-state index in [4.69, 9.17) is 9.47 Å². The second-order valence-electron chi connectivity index (χ2n) is 14.4. The highest BCUT2D eigenvalue weighted by Gasteiger charge is 2.42. The fourth-order valence-corrected chi connectivity index (χ4v) is 9.18. The lowest BCUT2D eigenvalue weighted by molar-refractivity contribution is 0.475. The molecule has 12 rings (SSSR count). The number of nitrogens with zero attached hydrogens (tertiary/aromatic N) is 2. The van der Waals surface area contributed by atoms with Crippen LogP contribution in [0.1, 0.15) is 0 Å². The average molecular weight is 703 g/mol. The molecule has 0 aromatic heterocycles. The van der Waals surface area contributed by atoms with Crippen LogP contribution in [0.2, 0.25) is 0 Å². The number of hydrogen-bond acceptors (Lipinski definition) is 4. The van der Waals surface area contributed by atoms with Crippen molar-refractivity contribution in [2.45, 2.75) is 0 Å². The molecular weight excluding hydrogens is 671 g/mol. The molecule has 0 fully saturated rings. The fraction of sp³-hybridized carbons (Fsp3) is 0. The molecule has 9 aromatic rings. The zero-order chi connectivity index (χ0) is 36.0. The maximum absolute atomic E-state index is 6.95. The van der Waals surface area contributed by atoms with E-state index in [0.717, 1.165) is 78.8 Å². The van der Waals surface area contributed by atoms with E-state index in [9.17, 15) is 0 Å². The van der Waals surface area contributed by atoms with Crippen LogP contribution in [0.5, 0.6) is 23.0 Å². The van der Waals surface area contributed by atoms with Crippen LogP contribution < -0.4 is 35.7 Å². The quantitative estimate of drug-likeness (QED) is 0.171. The molecule has 0 amide bonds. The number of para-hydroxylation sites is 3. The van der Waals surface area contributed by atoms with Crippen molar-refractivity contribution in [2.24, 2.45) is 0 Å². The summed E-state index contributed by atoms with van der Waals surface area (Å²) in [7, 11) is 0. The molecule has 55 heavy (non-hydrogen) atoms. The number of hydrogen-bond donors (Lipinski definition) is 0. The molecule has 0 spiro atoms. The first kappa shape index (κ1) is 30.2. The lowest BCUT2D eigenvalue weighted by atomic mass is 9.34. The Morgan fingerprint density at radius 1 is 0.436 bits per heavy atom. The summed E-state index contributed by atoms with van der Waals surface area (Å²) in [5, 5.41) is 4.61. The van der Waals surface area contributed by atoms with E-state index in [1.165, 1.54) is 27.4 Å². The molecule has 0 atom stereocenters. The minimum Gasteiger partial charge on any atom is -0.458 e. The van der Waals surface area contributed by atoms with Crippen molar-refractivity contribution in [2.75, 3.05) is 9.80 Å². The zero-order valence-electron chi connectivity index (χ0n) is 29.7. The van der Waals surface area contributed by atoms with Gasteiger partial charge < -0.3 is 19.3 Å². The standard InChI is InChI=1S/C50H31BN2O2/c1-3-16-33(17-4-1)52(41-24-11-15-32-14-7-8-20-35(32)41)42-29-28-36-38-30-48-40(31-47(38)54-45-26-12-21-37(42)49(36)45)51-39-22-9-10-23-43(39)53(34-18-5-2-6-19-34)44-25-13-27-46(55-48)50(44)51/h1-31H. The molecule has 3 aliphatic heterocycles. The Morgan fingerprint density at radius 3 is 2.02 bits per heavy atom. The van der Waals surface area contributed by atoms with E-state index in [1.807, 2.05) is 0 Å². The van der Waals surface area contributed by atoms with Gasteiger partial charge in [0.05, 0.1) is 11.4 Å². The molecule has 5 heteroatoms. The topological polar surface area (TPSA) is 24.9 Å². The summed E-state index contributed by atoms with van der Waals surface area (Å²) < 4.78 is 13.9. The van der Waals surface area contributed by atoms with Crippen LogP contribution in [0, 0.1) is 0 Å². The summed E-state index contributed by atoms with van der Waals surface area (Å²) in [6.45, 7) is -0.0142.